The van der Waals surface area contributed by atoms with E-state index in [1.165, 1.54) is 0 Å². The number of unbranched alkanes of at least 4 members (excludes halogenated alkanes) is 5. The third-order valence-electron chi connectivity index (χ3n) is 6.40. The largest absolute Gasteiger partial charge is 0.472 e. The normalized spacial score (nSPS) is 14.4. The molecule has 3 N–H and O–H groups in total. The molecule has 0 aromatic carbocycles. The van der Waals surface area contributed by atoms with Gasteiger partial charge in [-0.2, -0.15) is 0 Å². The Morgan fingerprint density at radius 1 is 0.696 bits per heavy atom. The van der Waals surface area contributed by atoms with E-state index < -0.39 is 26.5 Å². The fourth-order valence-electron chi connectivity index (χ4n) is 3.85. The highest BCUT2D eigenvalue weighted by Gasteiger charge is 2.23. The molecule has 0 heterocycles. The first kappa shape index (κ1) is 43.5. The summed E-state index contributed by atoms with van der Waals surface area (Å²) in [5.41, 5.74) is 0. The van der Waals surface area contributed by atoms with Crippen LogP contribution in [0.1, 0.15) is 110 Å². The van der Waals surface area contributed by atoms with Gasteiger partial charge in [0, 0.05) is 19.4 Å². The number of aliphatic hydroxyl groups is 1. The fourth-order valence-corrected chi connectivity index (χ4v) is 4.61. The average molecular weight is 666 g/mol. The number of carbonyl (C=O) groups is 2. The number of carbonyl (C=O) groups excluding carboxylic acids is 2. The molecule has 0 aliphatic rings. The summed E-state index contributed by atoms with van der Waals surface area (Å²) in [5, 5.41) is 12.5. The predicted molar refractivity (Wildman–Crippen MR) is 187 cm³/mol. The van der Waals surface area contributed by atoms with Gasteiger partial charge in [-0.25, -0.2) is 4.57 Å². The van der Waals surface area contributed by atoms with Gasteiger partial charge in [0.25, 0.3) is 0 Å². The van der Waals surface area contributed by atoms with Crippen LogP contribution < -0.4 is 5.32 Å². The van der Waals surface area contributed by atoms with E-state index in [-0.39, 0.29) is 32.1 Å². The Hall–Kier alpha value is -2.55. The maximum Gasteiger partial charge on any atom is 0.472 e. The summed E-state index contributed by atoms with van der Waals surface area (Å²) in [6, 6.07) is 0. The second-order valence-electron chi connectivity index (χ2n) is 10.8. The summed E-state index contributed by atoms with van der Waals surface area (Å²) in [7, 11) is -4.41. The van der Waals surface area contributed by atoms with Crippen LogP contribution in [0.4, 0.5) is 0 Å². The quantitative estimate of drug-likeness (QED) is 0.0302. The number of phosphoric acid groups is 1. The van der Waals surface area contributed by atoms with Crippen LogP contribution in [-0.2, 0) is 27.9 Å². The molecule has 262 valence electrons. The molecular weight excluding hydrogens is 605 g/mol. The van der Waals surface area contributed by atoms with Crippen LogP contribution in [-0.4, -0.2) is 54.3 Å². The van der Waals surface area contributed by atoms with Gasteiger partial charge in [-0.15, -0.1) is 0 Å². The minimum absolute atomic E-state index is 0.0537. The molecule has 10 heteroatoms. The molecule has 0 aliphatic carbocycles. The van der Waals surface area contributed by atoms with Gasteiger partial charge in [-0.1, -0.05) is 106 Å². The van der Waals surface area contributed by atoms with Crippen molar-refractivity contribution >= 4 is 19.7 Å². The summed E-state index contributed by atoms with van der Waals surface area (Å²) in [6.07, 6.45) is 37.6. The van der Waals surface area contributed by atoms with Gasteiger partial charge in [-0.3, -0.25) is 18.6 Å². The van der Waals surface area contributed by atoms with E-state index in [0.717, 1.165) is 83.5 Å². The third kappa shape index (κ3) is 32.8. The smallest absolute Gasteiger partial charge is 0.463 e. The lowest BCUT2D eigenvalue weighted by Crippen LogP contribution is -2.27. The van der Waals surface area contributed by atoms with Gasteiger partial charge in [0.1, 0.15) is 12.7 Å². The molecule has 2 atom stereocenters. The molecule has 2 unspecified atom stereocenters. The van der Waals surface area contributed by atoms with Crippen molar-refractivity contribution in [2.75, 3.05) is 26.4 Å². The SMILES string of the molecule is CC/C=C\C/C=C\C/C=C\C/C=C\C/C=C\C/C=C\CCCCC(=O)NCCOP(=O)(O)OCC(O)COC(=O)CCCCCC. The van der Waals surface area contributed by atoms with Crippen molar-refractivity contribution in [3.05, 3.63) is 72.9 Å². The molecule has 9 nitrogen and oxygen atoms in total. The zero-order valence-corrected chi connectivity index (χ0v) is 29.1. The number of phosphoric ester groups is 1. The number of aliphatic hydroxyl groups excluding tert-OH is 1. The zero-order chi connectivity index (χ0) is 34.0. The van der Waals surface area contributed by atoms with Crippen molar-refractivity contribution in [2.24, 2.45) is 0 Å². The number of amides is 1. The van der Waals surface area contributed by atoms with E-state index in [0.29, 0.717) is 6.42 Å². The molecule has 0 fully saturated rings. The van der Waals surface area contributed by atoms with Crippen LogP contribution in [0.15, 0.2) is 72.9 Å². The Kier molecular flexibility index (Phi) is 30.6. The molecule has 0 aliphatic heterocycles. The molecule has 0 saturated carbocycles. The molecular formula is C36H60NO8P. The Bertz CT molecular complexity index is 986. The second-order valence-corrected chi connectivity index (χ2v) is 12.2. The number of allylic oxidation sites excluding steroid dienone is 12. The minimum Gasteiger partial charge on any atom is -0.463 e. The van der Waals surface area contributed by atoms with E-state index in [9.17, 15) is 24.2 Å². The van der Waals surface area contributed by atoms with Crippen LogP contribution in [0, 0.1) is 0 Å². The Labute approximate surface area is 278 Å². The number of esters is 1. The summed E-state index contributed by atoms with van der Waals surface area (Å²) < 4.78 is 26.4. The van der Waals surface area contributed by atoms with Gasteiger partial charge in [0.05, 0.1) is 13.2 Å². The van der Waals surface area contributed by atoms with E-state index in [2.05, 4.69) is 92.1 Å². The van der Waals surface area contributed by atoms with Crippen molar-refractivity contribution < 1.29 is 37.9 Å². The minimum atomic E-state index is -4.41. The van der Waals surface area contributed by atoms with E-state index in [1.807, 2.05) is 0 Å². The van der Waals surface area contributed by atoms with E-state index >= 15 is 0 Å². The monoisotopic (exact) mass is 665 g/mol. The molecule has 0 aromatic rings. The Morgan fingerprint density at radius 3 is 1.80 bits per heavy atom. The lowest BCUT2D eigenvalue weighted by Gasteiger charge is -2.15. The molecule has 0 aromatic heterocycles. The molecule has 0 bridgehead atoms. The summed E-state index contributed by atoms with van der Waals surface area (Å²) in [4.78, 5) is 33.3. The standard InChI is InChI=1S/C36H60NO8P/c1-3-5-7-9-10-11-12-13-14-15-16-17-18-19-20-21-22-23-24-25-26-28-35(39)37-30-31-44-46(41,42)45-33-34(38)32-43-36(40)29-27-8-6-4-2/h5,7,10-11,13-14,16-17,19-20,22-23,34,38H,3-4,6,8-9,12,15,18,21,24-33H2,1-2H3,(H,37,39)(H,41,42)/b7-5-,11-10-,14-13-,17-16-,20-19-,23-22-. The predicted octanol–water partition coefficient (Wildman–Crippen LogP) is 8.37. The van der Waals surface area contributed by atoms with Gasteiger partial charge >= 0.3 is 13.8 Å². The third-order valence-corrected chi connectivity index (χ3v) is 7.39. The molecule has 0 spiro atoms. The first-order valence-electron chi connectivity index (χ1n) is 16.9. The summed E-state index contributed by atoms with van der Waals surface area (Å²) in [6.45, 7) is 3.19. The highest BCUT2D eigenvalue weighted by molar-refractivity contribution is 7.47. The Balaban J connectivity index is 3.73. The summed E-state index contributed by atoms with van der Waals surface area (Å²) in [5.74, 6) is -0.588. The highest BCUT2D eigenvalue weighted by Crippen LogP contribution is 2.42. The second kappa shape index (κ2) is 32.4. The maximum atomic E-state index is 12.0. The summed E-state index contributed by atoms with van der Waals surface area (Å²) >= 11 is 0. The van der Waals surface area contributed by atoms with Crippen LogP contribution in [0.25, 0.3) is 0 Å². The lowest BCUT2D eigenvalue weighted by molar-refractivity contribution is -0.147. The van der Waals surface area contributed by atoms with Gasteiger partial charge in [-0.05, 0) is 64.2 Å². The maximum absolute atomic E-state index is 12.0. The topological polar surface area (TPSA) is 131 Å². The van der Waals surface area contributed by atoms with Crippen molar-refractivity contribution in [2.45, 2.75) is 116 Å². The van der Waals surface area contributed by atoms with Gasteiger partial charge < -0.3 is 20.1 Å². The number of nitrogens with one attached hydrogen (secondary N) is 1. The van der Waals surface area contributed by atoms with Gasteiger partial charge in [0.2, 0.25) is 5.91 Å². The van der Waals surface area contributed by atoms with Crippen LogP contribution in [0.2, 0.25) is 0 Å². The van der Waals surface area contributed by atoms with Crippen LogP contribution >= 0.6 is 7.82 Å². The van der Waals surface area contributed by atoms with Gasteiger partial charge in [0.15, 0.2) is 0 Å². The highest BCUT2D eigenvalue weighted by atomic mass is 31.2. The molecule has 1 amide bonds. The van der Waals surface area contributed by atoms with Crippen LogP contribution in [0.5, 0.6) is 0 Å². The van der Waals surface area contributed by atoms with Crippen molar-refractivity contribution in [3.63, 3.8) is 0 Å². The Morgan fingerprint density at radius 2 is 1.24 bits per heavy atom. The zero-order valence-electron chi connectivity index (χ0n) is 28.2. The van der Waals surface area contributed by atoms with Crippen molar-refractivity contribution in [3.8, 4) is 0 Å². The number of hydrogen-bond donors (Lipinski definition) is 3. The molecule has 0 radical (unpaired) electrons. The lowest BCUT2D eigenvalue weighted by atomic mass is 10.1. The first-order chi connectivity index (χ1) is 22.3. The number of hydrogen-bond acceptors (Lipinski definition) is 7. The molecule has 0 saturated heterocycles. The van der Waals surface area contributed by atoms with E-state index in [1.54, 1.807) is 0 Å². The fraction of sp³-hybridized carbons (Fsp3) is 0.611. The van der Waals surface area contributed by atoms with E-state index in [4.69, 9.17) is 13.8 Å². The average Bonchev–Trinajstić information content (AvgIpc) is 3.04. The first-order valence-corrected chi connectivity index (χ1v) is 18.4. The van der Waals surface area contributed by atoms with Crippen LogP contribution in [0.3, 0.4) is 0 Å². The van der Waals surface area contributed by atoms with Crippen molar-refractivity contribution in [1.82, 2.24) is 5.32 Å². The molecule has 46 heavy (non-hydrogen) atoms. The number of rotatable bonds is 30. The van der Waals surface area contributed by atoms with Crippen molar-refractivity contribution in [1.29, 1.82) is 0 Å². The molecule has 0 rings (SSSR count). The number of ether oxygens (including phenoxy) is 1.